The van der Waals surface area contributed by atoms with Gasteiger partial charge in [0.1, 0.15) is 0 Å². The van der Waals surface area contributed by atoms with Crippen LogP contribution >= 0.6 is 31.9 Å². The molecule has 0 N–H and O–H groups in total. The third-order valence-corrected chi connectivity index (χ3v) is 8.06. The molecular formula is C22H44Br2. The van der Waals surface area contributed by atoms with Crippen LogP contribution in [0.1, 0.15) is 130 Å². The highest BCUT2D eigenvalue weighted by Crippen LogP contribution is 2.32. The molecule has 2 unspecified atom stereocenters. The molecule has 2 heteroatoms. The fraction of sp³-hybridized carbons (Fsp3) is 1.00. The van der Waals surface area contributed by atoms with Gasteiger partial charge in [0.05, 0.1) is 0 Å². The standard InChI is InChI=1S/C22H44Br2/c1-4-5-6-7-8-9-10-11-12-13-14-15-16-17-18-19-20-22(3,24)21(2)23/h21H,4-20H2,1-3H3. The van der Waals surface area contributed by atoms with E-state index in [1.54, 1.807) is 0 Å². The maximum Gasteiger partial charge on any atom is 0.0352 e. The fourth-order valence-corrected chi connectivity index (χ4v) is 3.73. The zero-order valence-corrected chi connectivity index (χ0v) is 20.0. The van der Waals surface area contributed by atoms with Gasteiger partial charge in [-0.15, -0.1) is 0 Å². The summed E-state index contributed by atoms with van der Waals surface area (Å²) in [5.41, 5.74) is 0. The van der Waals surface area contributed by atoms with Crippen molar-refractivity contribution in [2.24, 2.45) is 0 Å². The first kappa shape index (κ1) is 25.0. The van der Waals surface area contributed by atoms with Gasteiger partial charge in [0.2, 0.25) is 0 Å². The van der Waals surface area contributed by atoms with Crippen LogP contribution in [0.4, 0.5) is 0 Å². The molecule has 0 bridgehead atoms. The van der Waals surface area contributed by atoms with E-state index in [0.717, 1.165) is 0 Å². The zero-order valence-electron chi connectivity index (χ0n) is 16.9. The maximum atomic E-state index is 3.84. The Morgan fingerprint density at radius 1 is 0.625 bits per heavy atom. The Bertz CT molecular complexity index is 248. The predicted octanol–water partition coefficient (Wildman–Crippen LogP) is 9.57. The van der Waals surface area contributed by atoms with Crippen LogP contribution in [0.15, 0.2) is 0 Å². The Morgan fingerprint density at radius 2 is 0.917 bits per heavy atom. The van der Waals surface area contributed by atoms with Crippen LogP contribution in [0, 0.1) is 0 Å². The molecule has 0 aliphatic carbocycles. The van der Waals surface area contributed by atoms with Crippen molar-refractivity contribution in [3.05, 3.63) is 0 Å². The van der Waals surface area contributed by atoms with E-state index in [9.17, 15) is 0 Å². The molecule has 0 saturated carbocycles. The van der Waals surface area contributed by atoms with E-state index in [0.29, 0.717) is 4.83 Å². The molecule has 0 spiro atoms. The summed E-state index contributed by atoms with van der Waals surface area (Å²) in [6.07, 6.45) is 24.4. The third kappa shape index (κ3) is 16.4. The Morgan fingerprint density at radius 3 is 1.21 bits per heavy atom. The molecule has 0 aromatic heterocycles. The lowest BCUT2D eigenvalue weighted by molar-refractivity contribution is 0.509. The normalized spacial score (nSPS) is 15.4. The number of halogens is 2. The summed E-state index contributed by atoms with van der Waals surface area (Å²) in [6, 6.07) is 0. The van der Waals surface area contributed by atoms with Crippen molar-refractivity contribution in [2.75, 3.05) is 0 Å². The predicted molar refractivity (Wildman–Crippen MR) is 120 cm³/mol. The number of unbranched alkanes of at least 4 members (excludes halogenated alkanes) is 15. The minimum atomic E-state index is 0.267. The topological polar surface area (TPSA) is 0 Å². The zero-order chi connectivity index (χ0) is 18.1. The first-order valence-electron chi connectivity index (χ1n) is 10.8. The van der Waals surface area contributed by atoms with Crippen molar-refractivity contribution in [3.8, 4) is 0 Å². The molecule has 0 heterocycles. The first-order valence-corrected chi connectivity index (χ1v) is 12.5. The Labute approximate surface area is 170 Å². The first-order chi connectivity index (χ1) is 11.5. The van der Waals surface area contributed by atoms with Gasteiger partial charge in [-0.25, -0.2) is 0 Å². The van der Waals surface area contributed by atoms with Gasteiger partial charge in [-0.2, -0.15) is 0 Å². The van der Waals surface area contributed by atoms with E-state index in [1.165, 1.54) is 109 Å². The van der Waals surface area contributed by atoms with Gasteiger partial charge >= 0.3 is 0 Å². The molecule has 0 amide bonds. The van der Waals surface area contributed by atoms with E-state index in [1.807, 2.05) is 0 Å². The van der Waals surface area contributed by atoms with Crippen molar-refractivity contribution in [1.29, 1.82) is 0 Å². The average molecular weight is 468 g/mol. The van der Waals surface area contributed by atoms with Gasteiger partial charge in [0, 0.05) is 9.15 Å². The second-order valence-corrected chi connectivity index (χ2v) is 11.1. The molecule has 0 radical (unpaired) electrons. The van der Waals surface area contributed by atoms with Gasteiger partial charge < -0.3 is 0 Å². The van der Waals surface area contributed by atoms with E-state index in [2.05, 4.69) is 52.6 Å². The third-order valence-electron chi connectivity index (χ3n) is 5.35. The largest absolute Gasteiger partial charge is 0.0879 e. The summed E-state index contributed by atoms with van der Waals surface area (Å²) in [5, 5.41) is 0. The molecule has 0 saturated heterocycles. The SMILES string of the molecule is CCCCCCCCCCCCCCCCCCC(C)(Br)C(C)Br. The summed E-state index contributed by atoms with van der Waals surface area (Å²) in [4.78, 5) is 0.543. The summed E-state index contributed by atoms with van der Waals surface area (Å²) in [5.74, 6) is 0. The minimum Gasteiger partial charge on any atom is -0.0879 e. The minimum absolute atomic E-state index is 0.267. The van der Waals surface area contributed by atoms with Gasteiger partial charge in [-0.1, -0.05) is 148 Å². The van der Waals surface area contributed by atoms with E-state index in [4.69, 9.17) is 0 Å². The molecule has 0 fully saturated rings. The van der Waals surface area contributed by atoms with Crippen LogP contribution in [0.25, 0.3) is 0 Å². The van der Waals surface area contributed by atoms with E-state index < -0.39 is 0 Å². The van der Waals surface area contributed by atoms with Crippen molar-refractivity contribution in [2.45, 2.75) is 139 Å². The maximum absolute atomic E-state index is 3.84. The lowest BCUT2D eigenvalue weighted by Gasteiger charge is -2.25. The monoisotopic (exact) mass is 466 g/mol. The van der Waals surface area contributed by atoms with Crippen LogP contribution < -0.4 is 0 Å². The molecule has 0 aliphatic heterocycles. The van der Waals surface area contributed by atoms with E-state index in [-0.39, 0.29) is 4.32 Å². The van der Waals surface area contributed by atoms with E-state index >= 15 is 0 Å². The van der Waals surface area contributed by atoms with Crippen LogP contribution in [-0.4, -0.2) is 9.15 Å². The number of alkyl halides is 2. The lowest BCUT2D eigenvalue weighted by atomic mass is 9.99. The van der Waals surface area contributed by atoms with Crippen molar-refractivity contribution in [1.82, 2.24) is 0 Å². The number of rotatable bonds is 18. The molecular weight excluding hydrogens is 424 g/mol. The molecule has 0 rings (SSSR count). The van der Waals surface area contributed by atoms with Crippen LogP contribution in [0.2, 0.25) is 0 Å². The second-order valence-electron chi connectivity index (χ2n) is 7.95. The molecule has 0 aromatic carbocycles. The molecule has 0 nitrogen and oxygen atoms in total. The highest BCUT2D eigenvalue weighted by molar-refractivity contribution is 9.12. The summed E-state index contributed by atoms with van der Waals surface area (Å²) >= 11 is 7.54. The molecule has 0 aromatic rings. The molecule has 146 valence electrons. The molecule has 24 heavy (non-hydrogen) atoms. The van der Waals surface area contributed by atoms with Crippen LogP contribution in [0.3, 0.4) is 0 Å². The quantitative estimate of drug-likeness (QED) is 0.139. The smallest absolute Gasteiger partial charge is 0.0352 e. The van der Waals surface area contributed by atoms with Crippen LogP contribution in [-0.2, 0) is 0 Å². The van der Waals surface area contributed by atoms with Crippen LogP contribution in [0.5, 0.6) is 0 Å². The summed E-state index contributed by atoms with van der Waals surface area (Å²) < 4.78 is 0.267. The number of hydrogen-bond donors (Lipinski definition) is 0. The summed E-state index contributed by atoms with van der Waals surface area (Å²) in [7, 11) is 0. The molecule has 2 atom stereocenters. The Kier molecular flexibility index (Phi) is 18.1. The van der Waals surface area contributed by atoms with Crippen molar-refractivity contribution in [3.63, 3.8) is 0 Å². The van der Waals surface area contributed by atoms with Gasteiger partial charge in [-0.3, -0.25) is 0 Å². The Hall–Kier alpha value is 0.960. The second kappa shape index (κ2) is 17.4. The highest BCUT2D eigenvalue weighted by Gasteiger charge is 2.24. The average Bonchev–Trinajstić information content (AvgIpc) is 2.54. The summed E-state index contributed by atoms with van der Waals surface area (Å²) in [6.45, 7) is 6.84. The van der Waals surface area contributed by atoms with Crippen molar-refractivity contribution >= 4 is 31.9 Å². The fourth-order valence-electron chi connectivity index (χ4n) is 3.22. The lowest BCUT2D eigenvalue weighted by Crippen LogP contribution is -2.25. The molecule has 0 aliphatic rings. The number of hydrogen-bond acceptors (Lipinski definition) is 0. The van der Waals surface area contributed by atoms with Gasteiger partial charge in [0.15, 0.2) is 0 Å². The highest BCUT2D eigenvalue weighted by atomic mass is 79.9. The van der Waals surface area contributed by atoms with Gasteiger partial charge in [-0.05, 0) is 13.3 Å². The van der Waals surface area contributed by atoms with Crippen molar-refractivity contribution < 1.29 is 0 Å². The Balaban J connectivity index is 3.13. The van der Waals surface area contributed by atoms with Gasteiger partial charge in [0.25, 0.3) is 0 Å².